The van der Waals surface area contributed by atoms with E-state index in [1.165, 1.54) is 7.11 Å². The van der Waals surface area contributed by atoms with Gasteiger partial charge < -0.3 is 19.7 Å². The maximum Gasteiger partial charge on any atom is 0.256 e. The van der Waals surface area contributed by atoms with Gasteiger partial charge in [-0.05, 0) is 25.1 Å². The molecule has 0 aliphatic rings. The van der Waals surface area contributed by atoms with Crippen LogP contribution in [0.3, 0.4) is 0 Å². The summed E-state index contributed by atoms with van der Waals surface area (Å²) in [7, 11) is 1.53. The molecular formula is C15H18N2O4. The van der Waals surface area contributed by atoms with Gasteiger partial charge in [0.25, 0.3) is 5.91 Å². The highest BCUT2D eigenvalue weighted by Crippen LogP contribution is 2.19. The summed E-state index contributed by atoms with van der Waals surface area (Å²) in [5.74, 6) is 0.0798. The van der Waals surface area contributed by atoms with Gasteiger partial charge in [-0.15, -0.1) is 0 Å². The zero-order valence-electron chi connectivity index (χ0n) is 12.0. The van der Waals surface area contributed by atoms with E-state index in [4.69, 9.17) is 9.84 Å². The Morgan fingerprint density at radius 2 is 2.19 bits per heavy atom. The molecule has 0 aliphatic heterocycles. The lowest BCUT2D eigenvalue weighted by Crippen LogP contribution is -2.31. The standard InChI is InChI=1S/C15H18N2O4/c1-3-17-9-12(15(20)16-6-7-18)14(19)11-8-10(21-2)4-5-13(11)17/h4-5,8-9,18H,3,6-7H2,1-2H3,(H,16,20). The van der Waals surface area contributed by atoms with Crippen molar-refractivity contribution in [2.24, 2.45) is 0 Å². The molecule has 1 aromatic carbocycles. The lowest BCUT2D eigenvalue weighted by atomic mass is 10.1. The number of methoxy groups -OCH3 is 1. The highest BCUT2D eigenvalue weighted by Gasteiger charge is 2.15. The average molecular weight is 290 g/mol. The minimum Gasteiger partial charge on any atom is -0.497 e. The van der Waals surface area contributed by atoms with Crippen LogP contribution < -0.4 is 15.5 Å². The van der Waals surface area contributed by atoms with Gasteiger partial charge in [0.2, 0.25) is 5.43 Å². The van der Waals surface area contributed by atoms with E-state index in [1.54, 1.807) is 24.4 Å². The molecule has 6 heteroatoms. The Morgan fingerprint density at radius 1 is 1.43 bits per heavy atom. The lowest BCUT2D eigenvalue weighted by Gasteiger charge is -2.12. The molecule has 2 rings (SSSR count). The van der Waals surface area contributed by atoms with E-state index in [1.807, 2.05) is 11.5 Å². The first kappa shape index (κ1) is 15.1. The molecule has 0 spiro atoms. The molecular weight excluding hydrogens is 272 g/mol. The molecule has 0 unspecified atom stereocenters. The summed E-state index contributed by atoms with van der Waals surface area (Å²) in [5.41, 5.74) is 0.470. The summed E-state index contributed by atoms with van der Waals surface area (Å²) in [5, 5.41) is 11.7. The summed E-state index contributed by atoms with van der Waals surface area (Å²) in [6.07, 6.45) is 1.55. The van der Waals surface area contributed by atoms with E-state index in [9.17, 15) is 9.59 Å². The number of carbonyl (C=O) groups excluding carboxylic acids is 1. The van der Waals surface area contributed by atoms with Crippen LogP contribution in [-0.2, 0) is 6.54 Å². The van der Waals surface area contributed by atoms with Crippen LogP contribution in [0.1, 0.15) is 17.3 Å². The van der Waals surface area contributed by atoms with E-state index >= 15 is 0 Å². The summed E-state index contributed by atoms with van der Waals surface area (Å²) < 4.78 is 6.97. The fourth-order valence-corrected chi connectivity index (χ4v) is 2.19. The monoisotopic (exact) mass is 290 g/mol. The number of pyridine rings is 1. The number of ether oxygens (including phenoxy) is 1. The second-order valence-electron chi connectivity index (χ2n) is 4.52. The number of carbonyl (C=O) groups is 1. The Balaban J connectivity index is 2.64. The number of fused-ring (bicyclic) bond motifs is 1. The predicted octanol–water partition coefficient (Wildman–Crippen LogP) is 0.752. The molecule has 2 aromatic rings. The van der Waals surface area contributed by atoms with Gasteiger partial charge in [-0.2, -0.15) is 0 Å². The van der Waals surface area contributed by atoms with Gasteiger partial charge in [0, 0.05) is 19.3 Å². The molecule has 1 aromatic heterocycles. The number of nitrogens with zero attached hydrogens (tertiary/aromatic N) is 1. The van der Waals surface area contributed by atoms with Crippen LogP contribution in [0, 0.1) is 0 Å². The van der Waals surface area contributed by atoms with Crippen molar-refractivity contribution < 1.29 is 14.6 Å². The van der Waals surface area contributed by atoms with Crippen molar-refractivity contribution >= 4 is 16.8 Å². The Hall–Kier alpha value is -2.34. The molecule has 0 saturated heterocycles. The fraction of sp³-hybridized carbons (Fsp3) is 0.333. The molecule has 6 nitrogen and oxygen atoms in total. The van der Waals surface area contributed by atoms with Crippen molar-refractivity contribution in [3.05, 3.63) is 40.2 Å². The Morgan fingerprint density at radius 3 is 2.81 bits per heavy atom. The van der Waals surface area contributed by atoms with E-state index < -0.39 is 5.91 Å². The predicted molar refractivity (Wildman–Crippen MR) is 79.9 cm³/mol. The van der Waals surface area contributed by atoms with Crippen LogP contribution in [0.15, 0.2) is 29.2 Å². The normalized spacial score (nSPS) is 10.6. The Labute approximate surface area is 122 Å². The molecule has 2 N–H and O–H groups in total. The number of hydrogen-bond acceptors (Lipinski definition) is 4. The Bertz CT molecular complexity index is 721. The third kappa shape index (κ3) is 2.90. The third-order valence-corrected chi connectivity index (χ3v) is 3.27. The van der Waals surface area contributed by atoms with Gasteiger partial charge in [-0.3, -0.25) is 9.59 Å². The highest BCUT2D eigenvalue weighted by molar-refractivity contribution is 5.97. The van der Waals surface area contributed by atoms with Crippen molar-refractivity contribution in [2.45, 2.75) is 13.5 Å². The SMILES string of the molecule is CCn1cc(C(=O)NCCO)c(=O)c2cc(OC)ccc21. The van der Waals surface area contributed by atoms with Gasteiger partial charge in [0.15, 0.2) is 0 Å². The molecule has 0 aliphatic carbocycles. The van der Waals surface area contributed by atoms with Crippen molar-refractivity contribution in [3.8, 4) is 5.75 Å². The molecule has 0 bridgehead atoms. The molecule has 21 heavy (non-hydrogen) atoms. The summed E-state index contributed by atoms with van der Waals surface area (Å²) in [6.45, 7) is 2.50. The third-order valence-electron chi connectivity index (χ3n) is 3.27. The molecule has 112 valence electrons. The number of amides is 1. The minimum atomic E-state index is -0.485. The molecule has 0 fully saturated rings. The van der Waals surface area contributed by atoms with Gasteiger partial charge in [-0.25, -0.2) is 0 Å². The van der Waals surface area contributed by atoms with Crippen LogP contribution in [0.2, 0.25) is 0 Å². The second-order valence-corrected chi connectivity index (χ2v) is 4.52. The van der Waals surface area contributed by atoms with Crippen LogP contribution in [0.25, 0.3) is 10.9 Å². The minimum absolute atomic E-state index is 0.0612. The molecule has 0 radical (unpaired) electrons. The van der Waals surface area contributed by atoms with E-state index in [0.717, 1.165) is 5.52 Å². The van der Waals surface area contributed by atoms with Crippen molar-refractivity contribution in [2.75, 3.05) is 20.3 Å². The van der Waals surface area contributed by atoms with Crippen LogP contribution >= 0.6 is 0 Å². The first-order valence-corrected chi connectivity index (χ1v) is 6.72. The number of rotatable bonds is 5. The smallest absolute Gasteiger partial charge is 0.256 e. The summed E-state index contributed by atoms with van der Waals surface area (Å²) >= 11 is 0. The first-order chi connectivity index (χ1) is 10.1. The van der Waals surface area contributed by atoms with Gasteiger partial charge in [-0.1, -0.05) is 0 Å². The summed E-state index contributed by atoms with van der Waals surface area (Å²) in [4.78, 5) is 24.5. The zero-order chi connectivity index (χ0) is 15.4. The van der Waals surface area contributed by atoms with E-state index in [2.05, 4.69) is 5.32 Å². The van der Waals surface area contributed by atoms with Crippen molar-refractivity contribution in [1.29, 1.82) is 0 Å². The maximum atomic E-state index is 12.5. The quantitative estimate of drug-likeness (QED) is 0.851. The lowest BCUT2D eigenvalue weighted by molar-refractivity contribution is 0.0943. The number of aryl methyl sites for hydroxylation is 1. The molecule has 1 amide bonds. The van der Waals surface area contributed by atoms with Gasteiger partial charge >= 0.3 is 0 Å². The zero-order valence-corrected chi connectivity index (χ0v) is 12.0. The Kier molecular flexibility index (Phi) is 4.59. The molecule has 0 atom stereocenters. The molecule has 1 heterocycles. The number of aliphatic hydroxyl groups excluding tert-OH is 1. The van der Waals surface area contributed by atoms with Crippen LogP contribution in [0.4, 0.5) is 0 Å². The van der Waals surface area contributed by atoms with Crippen LogP contribution in [0.5, 0.6) is 5.75 Å². The molecule has 0 saturated carbocycles. The van der Waals surface area contributed by atoms with E-state index in [0.29, 0.717) is 17.7 Å². The van der Waals surface area contributed by atoms with Gasteiger partial charge in [0.05, 0.1) is 24.6 Å². The average Bonchev–Trinajstić information content (AvgIpc) is 2.52. The van der Waals surface area contributed by atoms with E-state index in [-0.39, 0.29) is 24.1 Å². The van der Waals surface area contributed by atoms with Crippen molar-refractivity contribution in [1.82, 2.24) is 9.88 Å². The highest BCUT2D eigenvalue weighted by atomic mass is 16.5. The number of aliphatic hydroxyl groups is 1. The van der Waals surface area contributed by atoms with Crippen molar-refractivity contribution in [3.63, 3.8) is 0 Å². The topological polar surface area (TPSA) is 80.6 Å². The fourth-order valence-electron chi connectivity index (χ4n) is 2.19. The number of aromatic nitrogens is 1. The number of benzene rings is 1. The number of hydrogen-bond donors (Lipinski definition) is 2. The largest absolute Gasteiger partial charge is 0.497 e. The second kappa shape index (κ2) is 6.41. The maximum absolute atomic E-state index is 12.5. The van der Waals surface area contributed by atoms with Crippen LogP contribution in [-0.4, -0.2) is 35.8 Å². The first-order valence-electron chi connectivity index (χ1n) is 6.72. The number of nitrogens with one attached hydrogen (secondary N) is 1. The summed E-state index contributed by atoms with van der Waals surface area (Å²) in [6, 6.07) is 5.21. The van der Waals surface area contributed by atoms with Gasteiger partial charge in [0.1, 0.15) is 11.3 Å².